The van der Waals surface area contributed by atoms with Crippen LogP contribution in [0, 0.1) is 0 Å². The normalized spacial score (nSPS) is 12.7. The fraction of sp³-hybridized carbons (Fsp3) is 0.231. The minimum Gasteiger partial charge on any atom is -0.103 e. The summed E-state index contributed by atoms with van der Waals surface area (Å²) in [6.45, 7) is 5.66. The Morgan fingerprint density at radius 1 is 0.846 bits per heavy atom. The molecule has 0 saturated heterocycles. The van der Waals surface area contributed by atoms with E-state index in [-0.39, 0.29) is 0 Å². The highest BCUT2D eigenvalue weighted by Crippen LogP contribution is 1.91. The molecule has 0 heteroatoms. The van der Waals surface area contributed by atoms with Crippen molar-refractivity contribution < 1.29 is 0 Å². The van der Waals surface area contributed by atoms with Gasteiger partial charge < -0.3 is 0 Å². The van der Waals surface area contributed by atoms with Gasteiger partial charge in [-0.15, -0.1) is 6.58 Å². The number of hydrogen-bond donors (Lipinski definition) is 0. The van der Waals surface area contributed by atoms with Crippen molar-refractivity contribution in [2.75, 3.05) is 0 Å². The predicted octanol–water partition coefficient (Wildman–Crippen LogP) is 4.20. The topological polar surface area (TPSA) is 0 Å². The molecule has 0 aliphatic rings. The summed E-state index contributed by atoms with van der Waals surface area (Å²) >= 11 is 0. The lowest BCUT2D eigenvalue weighted by atomic mass is 10.3. The first-order valence-corrected chi connectivity index (χ1v) is 4.64. The summed E-state index contributed by atoms with van der Waals surface area (Å²) in [5.74, 6) is 0. The summed E-state index contributed by atoms with van der Waals surface area (Å²) in [6, 6.07) is 0. The van der Waals surface area contributed by atoms with E-state index in [1.165, 1.54) is 0 Å². The van der Waals surface area contributed by atoms with Crippen molar-refractivity contribution in [3.8, 4) is 0 Å². The van der Waals surface area contributed by atoms with E-state index >= 15 is 0 Å². The molecule has 0 aliphatic carbocycles. The van der Waals surface area contributed by atoms with E-state index in [1.807, 2.05) is 49.5 Å². The third-order valence-electron chi connectivity index (χ3n) is 1.42. The number of unbranched alkanes of at least 4 members (excludes halogenated alkanes) is 1. The van der Waals surface area contributed by atoms with Crippen LogP contribution in [0.25, 0.3) is 0 Å². The van der Waals surface area contributed by atoms with Crippen LogP contribution in [0.4, 0.5) is 0 Å². The summed E-state index contributed by atoms with van der Waals surface area (Å²) in [7, 11) is 0. The lowest BCUT2D eigenvalue weighted by molar-refractivity contribution is 1.06. The summed E-state index contributed by atoms with van der Waals surface area (Å²) in [6.07, 6.45) is 20.3. The maximum atomic E-state index is 3.66. The van der Waals surface area contributed by atoms with Gasteiger partial charge in [-0.1, -0.05) is 54.7 Å². The summed E-state index contributed by atoms with van der Waals surface area (Å²) < 4.78 is 0. The van der Waals surface area contributed by atoms with Crippen molar-refractivity contribution in [1.29, 1.82) is 0 Å². The molecule has 0 atom stereocenters. The van der Waals surface area contributed by atoms with Crippen LogP contribution in [-0.2, 0) is 0 Å². The smallest absolute Gasteiger partial charge is 0.0313 e. The van der Waals surface area contributed by atoms with Gasteiger partial charge in [-0.3, -0.25) is 0 Å². The minimum atomic E-state index is 1.05. The van der Waals surface area contributed by atoms with E-state index < -0.39 is 0 Å². The number of hydrogen-bond acceptors (Lipinski definition) is 0. The number of allylic oxidation sites excluding steroid dienone is 9. The first-order valence-electron chi connectivity index (χ1n) is 4.64. The molecule has 0 heterocycles. The van der Waals surface area contributed by atoms with Gasteiger partial charge in [0, 0.05) is 0 Å². The zero-order valence-electron chi connectivity index (χ0n) is 8.32. The van der Waals surface area contributed by atoms with Crippen molar-refractivity contribution in [2.45, 2.75) is 19.8 Å². The van der Waals surface area contributed by atoms with Gasteiger partial charge in [0.05, 0.1) is 0 Å². The summed E-state index contributed by atoms with van der Waals surface area (Å²) in [4.78, 5) is 0. The molecule has 0 spiro atoms. The Labute approximate surface area is 81.7 Å². The van der Waals surface area contributed by atoms with Crippen LogP contribution >= 0.6 is 0 Å². The SMILES string of the molecule is C=CCCC=CC=CC=CC=CC. The molecule has 0 saturated carbocycles. The predicted molar refractivity (Wildman–Crippen MR) is 61.7 cm³/mol. The van der Waals surface area contributed by atoms with E-state index in [2.05, 4.69) is 18.7 Å². The second-order valence-corrected chi connectivity index (χ2v) is 2.59. The average Bonchev–Trinajstić information content (AvgIpc) is 2.16. The Kier molecular flexibility index (Phi) is 9.63. The number of rotatable bonds is 6. The highest BCUT2D eigenvalue weighted by molar-refractivity contribution is 5.15. The Bertz CT molecular complexity index is 214. The molecule has 0 aromatic carbocycles. The van der Waals surface area contributed by atoms with Crippen molar-refractivity contribution in [3.63, 3.8) is 0 Å². The van der Waals surface area contributed by atoms with Crippen LogP contribution in [0.15, 0.2) is 61.3 Å². The molecule has 0 aromatic heterocycles. The zero-order valence-corrected chi connectivity index (χ0v) is 8.32. The molecule has 0 aliphatic heterocycles. The Hall–Kier alpha value is -1.30. The van der Waals surface area contributed by atoms with Gasteiger partial charge in [-0.2, -0.15) is 0 Å². The fourth-order valence-corrected chi connectivity index (χ4v) is 0.757. The molecule has 0 amide bonds. The van der Waals surface area contributed by atoms with Gasteiger partial charge in [0.15, 0.2) is 0 Å². The minimum absolute atomic E-state index is 1.05. The highest BCUT2D eigenvalue weighted by atomic mass is 13.8. The third kappa shape index (κ3) is 10.7. The Morgan fingerprint density at radius 2 is 1.46 bits per heavy atom. The van der Waals surface area contributed by atoms with Crippen LogP contribution in [0.5, 0.6) is 0 Å². The Balaban J connectivity index is 3.50. The molecular formula is C13H18. The van der Waals surface area contributed by atoms with Crippen molar-refractivity contribution >= 4 is 0 Å². The van der Waals surface area contributed by atoms with Crippen molar-refractivity contribution in [3.05, 3.63) is 61.3 Å². The second kappa shape index (κ2) is 10.7. The molecule has 0 N–H and O–H groups in total. The standard InChI is InChI=1S/C13H18/c1-3-5-7-9-11-13-12-10-8-6-4-2/h3-4,6,8-13H,1,5,7H2,2H3. The Morgan fingerprint density at radius 3 is 2.08 bits per heavy atom. The maximum Gasteiger partial charge on any atom is -0.0313 e. The zero-order chi connectivity index (χ0) is 9.78. The van der Waals surface area contributed by atoms with E-state index in [0.717, 1.165) is 12.8 Å². The molecule has 0 bridgehead atoms. The van der Waals surface area contributed by atoms with Gasteiger partial charge in [0.25, 0.3) is 0 Å². The van der Waals surface area contributed by atoms with Crippen molar-refractivity contribution in [2.24, 2.45) is 0 Å². The molecule has 0 fully saturated rings. The second-order valence-electron chi connectivity index (χ2n) is 2.59. The monoisotopic (exact) mass is 174 g/mol. The van der Waals surface area contributed by atoms with E-state index in [0.29, 0.717) is 0 Å². The molecule has 70 valence electrons. The van der Waals surface area contributed by atoms with Crippen LogP contribution in [-0.4, -0.2) is 0 Å². The lowest BCUT2D eigenvalue weighted by Gasteiger charge is -1.81. The van der Waals surface area contributed by atoms with Gasteiger partial charge in [0.1, 0.15) is 0 Å². The maximum absolute atomic E-state index is 3.66. The largest absolute Gasteiger partial charge is 0.103 e. The quantitative estimate of drug-likeness (QED) is 0.321. The molecule has 0 unspecified atom stereocenters. The lowest BCUT2D eigenvalue weighted by Crippen LogP contribution is -1.60. The average molecular weight is 174 g/mol. The molecule has 0 aromatic rings. The van der Waals surface area contributed by atoms with Crippen LogP contribution < -0.4 is 0 Å². The molecule has 0 rings (SSSR count). The van der Waals surface area contributed by atoms with Gasteiger partial charge >= 0.3 is 0 Å². The van der Waals surface area contributed by atoms with Crippen LogP contribution in [0.1, 0.15) is 19.8 Å². The first-order chi connectivity index (χ1) is 6.41. The molecule has 0 radical (unpaired) electrons. The highest BCUT2D eigenvalue weighted by Gasteiger charge is 1.70. The van der Waals surface area contributed by atoms with Gasteiger partial charge in [-0.05, 0) is 19.8 Å². The fourth-order valence-electron chi connectivity index (χ4n) is 0.757. The van der Waals surface area contributed by atoms with Crippen LogP contribution in [0.2, 0.25) is 0 Å². The first kappa shape index (κ1) is 11.7. The third-order valence-corrected chi connectivity index (χ3v) is 1.42. The van der Waals surface area contributed by atoms with Gasteiger partial charge in [0.2, 0.25) is 0 Å². The summed E-state index contributed by atoms with van der Waals surface area (Å²) in [5, 5.41) is 0. The van der Waals surface area contributed by atoms with Crippen molar-refractivity contribution in [1.82, 2.24) is 0 Å². The van der Waals surface area contributed by atoms with E-state index in [9.17, 15) is 0 Å². The van der Waals surface area contributed by atoms with Gasteiger partial charge in [-0.25, -0.2) is 0 Å². The van der Waals surface area contributed by atoms with E-state index in [4.69, 9.17) is 0 Å². The molecule has 13 heavy (non-hydrogen) atoms. The molecule has 0 nitrogen and oxygen atoms in total. The van der Waals surface area contributed by atoms with Crippen LogP contribution in [0.3, 0.4) is 0 Å². The van der Waals surface area contributed by atoms with E-state index in [1.54, 1.807) is 0 Å². The molecular weight excluding hydrogens is 156 g/mol. The summed E-state index contributed by atoms with van der Waals surface area (Å²) in [5.41, 5.74) is 0.